The largest absolute Gasteiger partial charge is 0.444 e. The molecule has 2 aromatic rings. The number of hydrogen-bond acceptors (Lipinski definition) is 4. The number of nitrogens with zero attached hydrogens (tertiary/aromatic N) is 1. The summed E-state index contributed by atoms with van der Waals surface area (Å²) in [5.41, 5.74) is 1.72. The van der Waals surface area contributed by atoms with Crippen LogP contribution in [0.1, 0.15) is 64.3 Å². The van der Waals surface area contributed by atoms with Crippen LogP contribution in [0.15, 0.2) is 42.5 Å². The van der Waals surface area contributed by atoms with Crippen LogP contribution in [0.2, 0.25) is 5.02 Å². The number of anilines is 1. The lowest BCUT2D eigenvalue weighted by Crippen LogP contribution is -2.53. The zero-order valence-electron chi connectivity index (χ0n) is 21.8. The van der Waals surface area contributed by atoms with Gasteiger partial charge in [-0.1, -0.05) is 41.8 Å². The van der Waals surface area contributed by atoms with Gasteiger partial charge in [-0.15, -0.1) is 6.42 Å². The first kappa shape index (κ1) is 28.7. The molecule has 0 aliphatic heterocycles. The predicted octanol–water partition coefficient (Wildman–Crippen LogP) is 5.46. The smallest absolute Gasteiger partial charge is 0.408 e. The van der Waals surface area contributed by atoms with Crippen LogP contribution in [-0.2, 0) is 14.3 Å². The highest BCUT2D eigenvalue weighted by Crippen LogP contribution is 2.30. The van der Waals surface area contributed by atoms with E-state index < -0.39 is 41.6 Å². The minimum Gasteiger partial charge on any atom is -0.444 e. The Labute approximate surface area is 218 Å². The van der Waals surface area contributed by atoms with E-state index in [1.165, 1.54) is 4.90 Å². The molecule has 8 heteroatoms. The third-order valence-corrected chi connectivity index (χ3v) is 5.62. The molecular formula is C28H34ClN3O4. The lowest BCUT2D eigenvalue weighted by molar-refractivity contribution is -0.142. The molecule has 192 valence electrons. The van der Waals surface area contributed by atoms with Gasteiger partial charge in [-0.25, -0.2) is 4.79 Å². The van der Waals surface area contributed by atoms with Crippen molar-refractivity contribution >= 4 is 35.2 Å². The molecule has 0 aliphatic carbocycles. The number of amides is 3. The van der Waals surface area contributed by atoms with Crippen LogP contribution in [0.5, 0.6) is 0 Å². The van der Waals surface area contributed by atoms with Crippen molar-refractivity contribution in [1.82, 2.24) is 10.2 Å². The maximum atomic E-state index is 13.7. The minimum absolute atomic E-state index is 0.382. The van der Waals surface area contributed by atoms with E-state index in [0.29, 0.717) is 21.8 Å². The van der Waals surface area contributed by atoms with Crippen LogP contribution < -0.4 is 10.6 Å². The normalized spacial score (nSPS) is 12.8. The van der Waals surface area contributed by atoms with Gasteiger partial charge in [0.25, 0.3) is 5.91 Å². The molecule has 7 nitrogen and oxygen atoms in total. The Morgan fingerprint density at radius 1 is 1.06 bits per heavy atom. The van der Waals surface area contributed by atoms with Crippen LogP contribution in [0.25, 0.3) is 0 Å². The zero-order chi connectivity index (χ0) is 27.2. The summed E-state index contributed by atoms with van der Waals surface area (Å²) in [6, 6.07) is 9.78. The first-order valence-corrected chi connectivity index (χ1v) is 12.1. The van der Waals surface area contributed by atoms with Crippen molar-refractivity contribution in [3.05, 3.63) is 64.2 Å². The molecule has 0 fully saturated rings. The van der Waals surface area contributed by atoms with Crippen LogP contribution in [0.3, 0.4) is 0 Å². The number of rotatable bonds is 7. The number of hydrogen-bond donors (Lipinski definition) is 2. The van der Waals surface area contributed by atoms with Crippen molar-refractivity contribution in [3.8, 4) is 12.3 Å². The van der Waals surface area contributed by atoms with Gasteiger partial charge in [-0.3, -0.25) is 9.59 Å². The van der Waals surface area contributed by atoms with Crippen molar-refractivity contribution in [2.75, 3.05) is 5.32 Å². The third-order valence-electron chi connectivity index (χ3n) is 5.30. The van der Waals surface area contributed by atoms with Gasteiger partial charge in [-0.05, 0) is 77.8 Å². The monoisotopic (exact) mass is 511 g/mol. The lowest BCUT2D eigenvalue weighted by atomic mass is 9.99. The van der Waals surface area contributed by atoms with Gasteiger partial charge in [0.05, 0.1) is 10.7 Å². The fourth-order valence-electron chi connectivity index (χ4n) is 3.63. The molecule has 0 aliphatic rings. The van der Waals surface area contributed by atoms with Crippen molar-refractivity contribution < 1.29 is 19.1 Å². The summed E-state index contributed by atoms with van der Waals surface area (Å²) >= 11 is 6.35. The highest BCUT2D eigenvalue weighted by atomic mass is 35.5. The summed E-state index contributed by atoms with van der Waals surface area (Å²) < 4.78 is 5.29. The Kier molecular flexibility index (Phi) is 9.55. The van der Waals surface area contributed by atoms with E-state index in [-0.39, 0.29) is 0 Å². The Bertz CT molecular complexity index is 1130. The highest BCUT2D eigenvalue weighted by Gasteiger charge is 2.36. The molecule has 2 aromatic carbocycles. The van der Waals surface area contributed by atoms with E-state index in [1.54, 1.807) is 77.9 Å². The van der Waals surface area contributed by atoms with Crippen molar-refractivity contribution in [2.45, 2.75) is 72.2 Å². The van der Waals surface area contributed by atoms with Gasteiger partial charge in [0.2, 0.25) is 5.91 Å². The molecule has 36 heavy (non-hydrogen) atoms. The Hall–Kier alpha value is -3.50. The quantitative estimate of drug-likeness (QED) is 0.483. The first-order valence-electron chi connectivity index (χ1n) is 11.7. The number of carbonyl (C=O) groups is 3. The number of alkyl carbamates (subject to hydrolysis) is 1. The molecule has 0 spiro atoms. The number of carbonyl (C=O) groups excluding carboxylic acids is 3. The number of ether oxygens (including phenoxy) is 1. The summed E-state index contributed by atoms with van der Waals surface area (Å²) in [6.45, 7) is 12.2. The fourth-order valence-corrected chi connectivity index (χ4v) is 3.90. The van der Waals surface area contributed by atoms with Gasteiger partial charge in [-0.2, -0.15) is 0 Å². The van der Waals surface area contributed by atoms with Crippen LogP contribution >= 0.6 is 11.6 Å². The SMILES string of the molecule is C#Cc1ccc(C(C(=O)Nc2c(C)cccc2Cl)N(C(=O)C(C)NC(=O)OC(C)(C)C)C(C)C)cc1. The number of aryl methyl sites for hydroxylation is 1. The Morgan fingerprint density at radius 3 is 2.17 bits per heavy atom. The number of nitrogens with one attached hydrogen (secondary N) is 2. The number of terminal acetylenes is 1. The molecule has 2 rings (SSSR count). The lowest BCUT2D eigenvalue weighted by Gasteiger charge is -2.36. The topological polar surface area (TPSA) is 87.7 Å². The second kappa shape index (κ2) is 12.0. The molecule has 0 saturated heterocycles. The number of halogens is 1. The summed E-state index contributed by atoms with van der Waals surface area (Å²) in [4.78, 5) is 41.1. The van der Waals surface area contributed by atoms with Crippen molar-refractivity contribution in [1.29, 1.82) is 0 Å². The average Bonchev–Trinajstić information content (AvgIpc) is 2.77. The molecule has 0 saturated carbocycles. The van der Waals surface area contributed by atoms with E-state index in [9.17, 15) is 14.4 Å². The van der Waals surface area contributed by atoms with Crippen LogP contribution in [0, 0.1) is 19.3 Å². The average molecular weight is 512 g/mol. The zero-order valence-corrected chi connectivity index (χ0v) is 22.6. The molecule has 2 N–H and O–H groups in total. The molecule has 2 atom stereocenters. The number of para-hydroxylation sites is 1. The van der Waals surface area contributed by atoms with Crippen molar-refractivity contribution in [2.24, 2.45) is 0 Å². The van der Waals surface area contributed by atoms with E-state index in [1.807, 2.05) is 13.0 Å². The fraction of sp³-hybridized carbons (Fsp3) is 0.393. The van der Waals surface area contributed by atoms with Gasteiger partial charge < -0.3 is 20.3 Å². The molecular weight excluding hydrogens is 478 g/mol. The van der Waals surface area contributed by atoms with Crippen molar-refractivity contribution in [3.63, 3.8) is 0 Å². The Morgan fingerprint density at radius 2 is 1.67 bits per heavy atom. The molecule has 2 unspecified atom stereocenters. The molecule has 0 heterocycles. The molecule has 0 aromatic heterocycles. The van der Waals surface area contributed by atoms with Crippen LogP contribution in [-0.4, -0.2) is 40.5 Å². The Balaban J connectivity index is 2.48. The first-order chi connectivity index (χ1) is 16.7. The van der Waals surface area contributed by atoms with E-state index in [2.05, 4.69) is 16.6 Å². The van der Waals surface area contributed by atoms with E-state index in [0.717, 1.165) is 5.56 Å². The molecule has 0 bridgehead atoms. The van der Waals surface area contributed by atoms with Crippen LogP contribution in [0.4, 0.5) is 10.5 Å². The second-order valence-electron chi connectivity index (χ2n) is 9.80. The summed E-state index contributed by atoms with van der Waals surface area (Å²) in [5, 5.41) is 5.84. The van der Waals surface area contributed by atoms with Gasteiger partial charge in [0, 0.05) is 11.6 Å². The van der Waals surface area contributed by atoms with Gasteiger partial charge in [0.1, 0.15) is 17.7 Å². The summed E-state index contributed by atoms with van der Waals surface area (Å²) in [7, 11) is 0. The molecule has 0 radical (unpaired) electrons. The minimum atomic E-state index is -1.03. The van der Waals surface area contributed by atoms with Gasteiger partial charge in [0.15, 0.2) is 0 Å². The second-order valence-corrected chi connectivity index (χ2v) is 10.2. The standard InChI is InChI=1S/C28H34ClN3O4/c1-9-20-13-15-21(16-14-20)24(25(33)31-23-18(4)11-10-12-22(23)29)32(17(2)3)26(34)19(5)30-27(35)36-28(6,7)8/h1,10-17,19,24H,2-8H3,(H,30,35)(H,31,33). The van der Waals surface area contributed by atoms with Gasteiger partial charge >= 0.3 is 6.09 Å². The maximum absolute atomic E-state index is 13.7. The highest BCUT2D eigenvalue weighted by molar-refractivity contribution is 6.34. The van der Waals surface area contributed by atoms with E-state index >= 15 is 0 Å². The number of benzene rings is 2. The third kappa shape index (κ3) is 7.50. The summed E-state index contributed by atoms with van der Waals surface area (Å²) in [6.07, 6.45) is 4.77. The predicted molar refractivity (Wildman–Crippen MR) is 143 cm³/mol. The molecule has 3 amide bonds. The van der Waals surface area contributed by atoms with E-state index in [4.69, 9.17) is 22.8 Å². The maximum Gasteiger partial charge on any atom is 0.408 e. The summed E-state index contributed by atoms with van der Waals surface area (Å²) in [5.74, 6) is 1.65.